The van der Waals surface area contributed by atoms with Gasteiger partial charge in [0.05, 0.1) is 0 Å². The Balaban J connectivity index is 0.00000225. The minimum absolute atomic E-state index is 0. The van der Waals surface area contributed by atoms with E-state index in [0.29, 0.717) is 0 Å². The first-order chi connectivity index (χ1) is 11.9. The monoisotopic (exact) mass is 457 g/mol. The van der Waals surface area contributed by atoms with Gasteiger partial charge in [0.25, 0.3) is 0 Å². The number of nitrogens with one attached hydrogen (secondary N) is 2. The average molecular weight is 457 g/mol. The van der Waals surface area contributed by atoms with Crippen LogP contribution in [0.5, 0.6) is 0 Å². The Hall–Kier alpha value is -1.05. The second kappa shape index (κ2) is 10.8. The highest BCUT2D eigenvalue weighted by molar-refractivity contribution is 14.0. The highest BCUT2D eigenvalue weighted by Crippen LogP contribution is 2.35. The molecule has 2 aliphatic rings. The summed E-state index contributed by atoms with van der Waals surface area (Å²) in [7, 11) is 1.91. The van der Waals surface area contributed by atoms with Crippen molar-refractivity contribution in [3.63, 3.8) is 0 Å². The van der Waals surface area contributed by atoms with E-state index in [1.54, 1.807) is 0 Å². The number of nitrogens with zero attached hydrogens (tertiary/aromatic N) is 3. The number of likely N-dealkylation sites (tertiary alicyclic amines) is 1. The first-order valence-corrected chi connectivity index (χ1v) is 9.47. The number of rotatable bonds is 6. The summed E-state index contributed by atoms with van der Waals surface area (Å²) in [6.45, 7) is 4.35. The normalized spacial score (nSPS) is 22.9. The lowest BCUT2D eigenvalue weighted by atomic mass is 9.82. The lowest BCUT2D eigenvalue weighted by molar-refractivity contribution is 0.299. The van der Waals surface area contributed by atoms with Crippen molar-refractivity contribution >= 4 is 35.8 Å². The van der Waals surface area contributed by atoms with Gasteiger partial charge in [0.2, 0.25) is 0 Å². The molecule has 2 fully saturated rings. The second-order valence-corrected chi connectivity index (χ2v) is 7.03. The maximum Gasteiger partial charge on any atom is 0.193 e. The zero-order valence-corrected chi connectivity index (χ0v) is 17.6. The molecule has 140 valence electrons. The fourth-order valence-corrected chi connectivity index (χ4v) is 4.05. The van der Waals surface area contributed by atoms with Crippen LogP contribution in [0.1, 0.15) is 38.5 Å². The van der Waals surface area contributed by atoms with Crippen molar-refractivity contribution < 1.29 is 0 Å². The first kappa shape index (κ1) is 20.3. The van der Waals surface area contributed by atoms with Gasteiger partial charge in [-0.2, -0.15) is 0 Å². The van der Waals surface area contributed by atoms with Crippen LogP contribution in [0, 0.1) is 11.8 Å². The minimum atomic E-state index is 0. The molecule has 0 amide bonds. The lowest BCUT2D eigenvalue weighted by Crippen LogP contribution is -2.40. The highest BCUT2D eigenvalue weighted by atomic mass is 127. The maximum atomic E-state index is 4.50. The molecule has 1 saturated heterocycles. The van der Waals surface area contributed by atoms with Gasteiger partial charge in [-0.3, -0.25) is 4.99 Å². The average Bonchev–Trinajstić information content (AvgIpc) is 3.06. The molecule has 25 heavy (non-hydrogen) atoms. The molecular weight excluding hydrogens is 425 g/mol. The Labute approximate surface area is 169 Å². The number of guanidine groups is 1. The van der Waals surface area contributed by atoms with Crippen molar-refractivity contribution in [2.75, 3.05) is 38.5 Å². The van der Waals surface area contributed by atoms with Gasteiger partial charge in [-0.25, -0.2) is 4.98 Å². The molecule has 6 heteroatoms. The summed E-state index contributed by atoms with van der Waals surface area (Å²) in [5.74, 6) is 3.86. The van der Waals surface area contributed by atoms with Gasteiger partial charge in [0, 0.05) is 39.4 Å². The molecule has 2 N–H and O–H groups in total. The molecule has 1 aliphatic heterocycles. The van der Waals surface area contributed by atoms with E-state index >= 15 is 0 Å². The summed E-state index contributed by atoms with van der Waals surface area (Å²) >= 11 is 0. The predicted octanol–water partition coefficient (Wildman–Crippen LogP) is 3.59. The van der Waals surface area contributed by atoms with E-state index in [1.165, 1.54) is 38.8 Å². The van der Waals surface area contributed by atoms with Gasteiger partial charge < -0.3 is 15.5 Å². The second-order valence-electron chi connectivity index (χ2n) is 7.03. The van der Waals surface area contributed by atoms with Crippen LogP contribution in [0.4, 0.5) is 5.82 Å². The third-order valence-electron chi connectivity index (χ3n) is 5.35. The van der Waals surface area contributed by atoms with E-state index in [1.807, 2.05) is 31.4 Å². The van der Waals surface area contributed by atoms with Crippen LogP contribution >= 0.6 is 24.0 Å². The van der Waals surface area contributed by atoms with Crippen LogP contribution in [0.2, 0.25) is 0 Å². The van der Waals surface area contributed by atoms with E-state index in [2.05, 4.69) is 25.5 Å². The van der Waals surface area contributed by atoms with Gasteiger partial charge >= 0.3 is 0 Å². The van der Waals surface area contributed by atoms with E-state index in [-0.39, 0.29) is 24.0 Å². The molecule has 0 radical (unpaired) electrons. The van der Waals surface area contributed by atoms with E-state index < -0.39 is 0 Å². The van der Waals surface area contributed by atoms with Gasteiger partial charge in [0.15, 0.2) is 5.96 Å². The molecule has 0 bridgehead atoms. The number of anilines is 1. The Bertz CT molecular complexity index is 508. The Morgan fingerprint density at radius 2 is 1.88 bits per heavy atom. The largest absolute Gasteiger partial charge is 0.370 e. The predicted molar refractivity (Wildman–Crippen MR) is 116 cm³/mol. The van der Waals surface area contributed by atoms with Gasteiger partial charge in [-0.15, -0.1) is 24.0 Å². The molecule has 1 saturated carbocycles. The molecule has 2 unspecified atom stereocenters. The third-order valence-corrected chi connectivity index (χ3v) is 5.35. The van der Waals surface area contributed by atoms with Crippen molar-refractivity contribution in [3.05, 3.63) is 24.4 Å². The van der Waals surface area contributed by atoms with Crippen LogP contribution in [0.15, 0.2) is 29.4 Å². The summed E-state index contributed by atoms with van der Waals surface area (Å²) in [4.78, 5) is 11.3. The van der Waals surface area contributed by atoms with Gasteiger partial charge in [-0.05, 0) is 49.7 Å². The fraction of sp³-hybridized carbons (Fsp3) is 0.684. The quantitative estimate of drug-likeness (QED) is 0.297. The number of aliphatic imine (C=N–C) groups is 1. The topological polar surface area (TPSA) is 52.6 Å². The molecular formula is C19H32IN5. The first-order valence-electron chi connectivity index (χ1n) is 9.47. The SMILES string of the molecule is CN=C(NCCCCNc1ccccn1)N1CC2CCCCC2C1.I. The minimum Gasteiger partial charge on any atom is -0.370 e. The molecule has 0 spiro atoms. The van der Waals surface area contributed by atoms with Crippen LogP contribution in [0.25, 0.3) is 0 Å². The van der Waals surface area contributed by atoms with Crippen LogP contribution < -0.4 is 10.6 Å². The van der Waals surface area contributed by atoms with Crippen molar-refractivity contribution in [3.8, 4) is 0 Å². The number of pyridine rings is 1. The number of fused-ring (bicyclic) bond motifs is 1. The number of halogens is 1. The molecule has 2 heterocycles. The zero-order chi connectivity index (χ0) is 16.6. The number of unbranched alkanes of at least 4 members (excludes halogenated alkanes) is 1. The summed E-state index contributed by atoms with van der Waals surface area (Å²) in [5, 5.41) is 6.91. The Morgan fingerprint density at radius 3 is 2.52 bits per heavy atom. The van der Waals surface area contributed by atoms with Crippen molar-refractivity contribution in [2.24, 2.45) is 16.8 Å². The summed E-state index contributed by atoms with van der Waals surface area (Å²) in [6, 6.07) is 5.96. The van der Waals surface area contributed by atoms with E-state index in [9.17, 15) is 0 Å². The Kier molecular flexibility index (Phi) is 8.78. The molecule has 3 rings (SSSR count). The Morgan fingerprint density at radius 1 is 1.16 bits per heavy atom. The molecule has 0 aromatic carbocycles. The summed E-state index contributed by atoms with van der Waals surface area (Å²) in [6.07, 6.45) is 9.76. The third kappa shape index (κ3) is 6.01. The smallest absolute Gasteiger partial charge is 0.193 e. The van der Waals surface area contributed by atoms with Crippen LogP contribution in [-0.4, -0.2) is 49.1 Å². The van der Waals surface area contributed by atoms with E-state index in [0.717, 1.165) is 49.5 Å². The van der Waals surface area contributed by atoms with E-state index in [4.69, 9.17) is 0 Å². The van der Waals surface area contributed by atoms with Gasteiger partial charge in [0.1, 0.15) is 5.82 Å². The standard InChI is InChI=1S/C19H31N5.HI/c1-20-19(24-14-16-8-2-3-9-17(16)15-24)23-13-7-6-12-22-18-10-4-5-11-21-18;/h4-5,10-11,16-17H,2-3,6-9,12-15H2,1H3,(H,20,23)(H,21,22);1H. The number of hydrogen-bond acceptors (Lipinski definition) is 3. The molecule has 5 nitrogen and oxygen atoms in total. The summed E-state index contributed by atoms with van der Waals surface area (Å²) < 4.78 is 0. The highest BCUT2D eigenvalue weighted by Gasteiger charge is 2.35. The lowest BCUT2D eigenvalue weighted by Gasteiger charge is -2.22. The van der Waals surface area contributed by atoms with Crippen LogP contribution in [-0.2, 0) is 0 Å². The van der Waals surface area contributed by atoms with Gasteiger partial charge in [-0.1, -0.05) is 18.9 Å². The fourth-order valence-electron chi connectivity index (χ4n) is 4.05. The molecule has 1 aromatic rings. The number of aromatic nitrogens is 1. The number of hydrogen-bond donors (Lipinski definition) is 2. The van der Waals surface area contributed by atoms with Crippen molar-refractivity contribution in [1.29, 1.82) is 0 Å². The zero-order valence-electron chi connectivity index (χ0n) is 15.3. The maximum absolute atomic E-state index is 4.50. The molecule has 1 aromatic heterocycles. The van der Waals surface area contributed by atoms with Crippen molar-refractivity contribution in [1.82, 2.24) is 15.2 Å². The molecule has 1 aliphatic carbocycles. The van der Waals surface area contributed by atoms with Crippen LogP contribution in [0.3, 0.4) is 0 Å². The summed E-state index contributed by atoms with van der Waals surface area (Å²) in [5.41, 5.74) is 0. The van der Waals surface area contributed by atoms with Crippen molar-refractivity contribution in [2.45, 2.75) is 38.5 Å². The molecule has 2 atom stereocenters.